The highest BCUT2D eigenvalue weighted by molar-refractivity contribution is 6.49. The fourth-order valence-corrected chi connectivity index (χ4v) is 3.10. The number of benzene rings is 2. The van der Waals surface area contributed by atoms with Crippen LogP contribution in [-0.4, -0.2) is 24.8 Å². The first-order chi connectivity index (χ1) is 14.7. The van der Waals surface area contributed by atoms with Crippen LogP contribution in [0.25, 0.3) is 0 Å². The van der Waals surface area contributed by atoms with E-state index in [1.165, 1.54) is 25.7 Å². The third-order valence-corrected chi connectivity index (χ3v) is 4.97. The number of ether oxygens (including phenoxy) is 2. The molecule has 0 saturated heterocycles. The van der Waals surface area contributed by atoms with Gasteiger partial charge < -0.3 is 9.47 Å². The highest BCUT2D eigenvalue weighted by Crippen LogP contribution is 2.17. The summed E-state index contributed by atoms with van der Waals surface area (Å²) in [5.41, 5.74) is 0.740. The first kappa shape index (κ1) is 23.7. The van der Waals surface area contributed by atoms with Gasteiger partial charge >= 0.3 is 0 Å². The van der Waals surface area contributed by atoms with E-state index in [9.17, 15) is 9.59 Å². The Labute approximate surface area is 180 Å². The zero-order valence-corrected chi connectivity index (χ0v) is 18.3. The van der Waals surface area contributed by atoms with Crippen LogP contribution in [0.1, 0.15) is 85.9 Å². The Morgan fingerprint density at radius 2 is 0.933 bits per heavy atom. The number of hydrogen-bond acceptors (Lipinski definition) is 4. The van der Waals surface area contributed by atoms with Crippen LogP contribution in [0.3, 0.4) is 0 Å². The minimum absolute atomic E-state index is 0.370. The summed E-state index contributed by atoms with van der Waals surface area (Å²) in [5, 5.41) is 0. The van der Waals surface area contributed by atoms with Crippen molar-refractivity contribution in [3.05, 3.63) is 59.7 Å². The maximum atomic E-state index is 12.5. The molecule has 0 aliphatic rings. The second-order valence-electron chi connectivity index (χ2n) is 7.53. The van der Waals surface area contributed by atoms with Gasteiger partial charge in [-0.2, -0.15) is 0 Å². The lowest BCUT2D eigenvalue weighted by Crippen LogP contribution is -2.14. The van der Waals surface area contributed by atoms with Crippen molar-refractivity contribution >= 4 is 11.6 Å². The Bertz CT molecular complexity index is 695. The van der Waals surface area contributed by atoms with Crippen LogP contribution < -0.4 is 9.47 Å². The van der Waals surface area contributed by atoms with E-state index in [2.05, 4.69) is 13.8 Å². The molecule has 0 saturated carbocycles. The van der Waals surface area contributed by atoms with E-state index in [0.29, 0.717) is 24.3 Å². The molecule has 0 amide bonds. The van der Waals surface area contributed by atoms with Crippen molar-refractivity contribution in [1.82, 2.24) is 0 Å². The molecule has 0 unspecified atom stereocenters. The Morgan fingerprint density at radius 1 is 0.567 bits per heavy atom. The predicted octanol–water partition coefficient (Wildman–Crippen LogP) is 6.67. The predicted molar refractivity (Wildman–Crippen MR) is 121 cm³/mol. The fourth-order valence-electron chi connectivity index (χ4n) is 3.10. The van der Waals surface area contributed by atoms with Gasteiger partial charge in [-0.1, -0.05) is 52.4 Å². The summed E-state index contributed by atoms with van der Waals surface area (Å²) in [5.74, 6) is 0.405. The molecule has 162 valence electrons. The second kappa shape index (κ2) is 13.6. The average Bonchev–Trinajstić information content (AvgIpc) is 2.79. The monoisotopic (exact) mass is 410 g/mol. The topological polar surface area (TPSA) is 52.6 Å². The molecule has 0 radical (unpaired) electrons. The quantitative estimate of drug-likeness (QED) is 0.187. The number of carbonyl (C=O) groups is 2. The maximum absolute atomic E-state index is 12.5. The zero-order valence-electron chi connectivity index (χ0n) is 18.3. The number of rotatable bonds is 15. The minimum Gasteiger partial charge on any atom is -0.494 e. The molecule has 0 aliphatic carbocycles. The van der Waals surface area contributed by atoms with Crippen LogP contribution >= 0.6 is 0 Å². The summed E-state index contributed by atoms with van der Waals surface area (Å²) in [4.78, 5) is 25.0. The Morgan fingerprint density at radius 3 is 1.27 bits per heavy atom. The van der Waals surface area contributed by atoms with E-state index in [4.69, 9.17) is 9.47 Å². The molecule has 2 rings (SSSR count). The van der Waals surface area contributed by atoms with Crippen LogP contribution in [0.4, 0.5) is 0 Å². The molecular formula is C26H34O4. The van der Waals surface area contributed by atoms with E-state index in [1.54, 1.807) is 48.5 Å². The Hall–Kier alpha value is -2.62. The van der Waals surface area contributed by atoms with Gasteiger partial charge in [0.1, 0.15) is 11.5 Å². The van der Waals surface area contributed by atoms with Crippen LogP contribution in [0, 0.1) is 0 Å². The Balaban J connectivity index is 1.83. The molecule has 2 aromatic rings. The number of hydrogen-bond donors (Lipinski definition) is 0. The van der Waals surface area contributed by atoms with Crippen molar-refractivity contribution in [3.8, 4) is 11.5 Å². The van der Waals surface area contributed by atoms with E-state index < -0.39 is 11.6 Å². The summed E-state index contributed by atoms with van der Waals surface area (Å²) in [6.07, 6.45) is 9.17. The fraction of sp³-hybridized carbons (Fsp3) is 0.462. The molecule has 0 bridgehead atoms. The highest BCUT2D eigenvalue weighted by atomic mass is 16.5. The molecule has 0 spiro atoms. The summed E-state index contributed by atoms with van der Waals surface area (Å²) in [6, 6.07) is 13.6. The molecule has 0 heterocycles. The van der Waals surface area contributed by atoms with Crippen molar-refractivity contribution < 1.29 is 19.1 Å². The SMILES string of the molecule is CCCCCCOc1ccc(C(=O)C(=O)c2ccc(OCCCCCC)cc2)cc1. The number of carbonyl (C=O) groups excluding carboxylic acids is 2. The smallest absolute Gasteiger partial charge is 0.233 e. The third-order valence-electron chi connectivity index (χ3n) is 4.97. The van der Waals surface area contributed by atoms with Crippen molar-refractivity contribution in [2.45, 2.75) is 65.2 Å². The Kier molecular flexibility index (Phi) is 10.7. The molecule has 0 N–H and O–H groups in total. The van der Waals surface area contributed by atoms with Crippen LogP contribution in [0.5, 0.6) is 11.5 Å². The first-order valence-electron chi connectivity index (χ1n) is 11.2. The van der Waals surface area contributed by atoms with Gasteiger partial charge in [0.15, 0.2) is 0 Å². The highest BCUT2D eigenvalue weighted by Gasteiger charge is 2.18. The van der Waals surface area contributed by atoms with Gasteiger partial charge in [0, 0.05) is 11.1 Å². The summed E-state index contributed by atoms with van der Waals surface area (Å²) in [7, 11) is 0. The normalized spacial score (nSPS) is 10.6. The second-order valence-corrected chi connectivity index (χ2v) is 7.53. The van der Waals surface area contributed by atoms with Crippen molar-refractivity contribution in [3.63, 3.8) is 0 Å². The molecule has 2 aromatic carbocycles. The van der Waals surface area contributed by atoms with Gasteiger partial charge in [0.2, 0.25) is 11.6 Å². The molecule has 0 aliphatic heterocycles. The molecule has 4 heteroatoms. The third kappa shape index (κ3) is 8.02. The van der Waals surface area contributed by atoms with Gasteiger partial charge in [-0.05, 0) is 61.4 Å². The lowest BCUT2D eigenvalue weighted by molar-refractivity contribution is 0.0817. The van der Waals surface area contributed by atoms with Crippen LogP contribution in [0.15, 0.2) is 48.5 Å². The summed E-state index contributed by atoms with van der Waals surface area (Å²) in [6.45, 7) is 5.68. The molecule has 0 fully saturated rings. The number of Topliss-reactive ketones (excluding diaryl/α,β-unsaturated/α-hetero) is 2. The van der Waals surface area contributed by atoms with Gasteiger partial charge in [0.05, 0.1) is 13.2 Å². The lowest BCUT2D eigenvalue weighted by atomic mass is 10.0. The van der Waals surface area contributed by atoms with Crippen molar-refractivity contribution in [2.24, 2.45) is 0 Å². The largest absolute Gasteiger partial charge is 0.494 e. The van der Waals surface area contributed by atoms with Gasteiger partial charge in [-0.15, -0.1) is 0 Å². The summed E-state index contributed by atoms with van der Waals surface area (Å²) < 4.78 is 11.4. The molecule has 4 nitrogen and oxygen atoms in total. The maximum Gasteiger partial charge on any atom is 0.233 e. The number of unbranched alkanes of at least 4 members (excludes halogenated alkanes) is 6. The van der Waals surface area contributed by atoms with E-state index in [1.807, 2.05) is 0 Å². The molecule has 30 heavy (non-hydrogen) atoms. The van der Waals surface area contributed by atoms with E-state index >= 15 is 0 Å². The summed E-state index contributed by atoms with van der Waals surface area (Å²) >= 11 is 0. The zero-order chi connectivity index (χ0) is 21.6. The standard InChI is InChI=1S/C26H34O4/c1-3-5-7-9-19-29-23-15-11-21(12-16-23)25(27)26(28)22-13-17-24(18-14-22)30-20-10-8-6-4-2/h11-18H,3-10,19-20H2,1-2H3. The van der Waals surface area contributed by atoms with E-state index in [0.717, 1.165) is 37.2 Å². The molecule has 0 atom stereocenters. The van der Waals surface area contributed by atoms with Crippen LogP contribution in [0.2, 0.25) is 0 Å². The van der Waals surface area contributed by atoms with Crippen molar-refractivity contribution in [2.75, 3.05) is 13.2 Å². The molecule has 0 aromatic heterocycles. The van der Waals surface area contributed by atoms with Gasteiger partial charge in [-0.3, -0.25) is 9.59 Å². The number of ketones is 2. The molecular weight excluding hydrogens is 376 g/mol. The van der Waals surface area contributed by atoms with Gasteiger partial charge in [-0.25, -0.2) is 0 Å². The first-order valence-corrected chi connectivity index (χ1v) is 11.2. The van der Waals surface area contributed by atoms with E-state index in [-0.39, 0.29) is 0 Å². The minimum atomic E-state index is -0.516. The van der Waals surface area contributed by atoms with Crippen LogP contribution in [-0.2, 0) is 0 Å². The van der Waals surface area contributed by atoms with Gasteiger partial charge in [0.25, 0.3) is 0 Å². The lowest BCUT2D eigenvalue weighted by Gasteiger charge is -2.08. The van der Waals surface area contributed by atoms with Crippen molar-refractivity contribution in [1.29, 1.82) is 0 Å². The average molecular weight is 411 g/mol.